The fourth-order valence-electron chi connectivity index (χ4n) is 0.734. The normalized spacial score (nSPS) is 13.4. The number of rotatable bonds is 4. The molecule has 0 heterocycles. The highest BCUT2D eigenvalue weighted by Crippen LogP contribution is 2.15. The van der Waals surface area contributed by atoms with E-state index in [1.807, 2.05) is 0 Å². The lowest BCUT2D eigenvalue weighted by atomic mass is 10.2. The summed E-state index contributed by atoms with van der Waals surface area (Å²) in [4.78, 5) is 21.0. The van der Waals surface area contributed by atoms with Crippen LogP contribution in [0.1, 0.15) is 33.6 Å². The third-order valence-electron chi connectivity index (χ3n) is 1.27. The molecule has 1 atom stereocenters. The Balaban J connectivity index is 3.94. The molecule has 0 aromatic carbocycles. The summed E-state index contributed by atoms with van der Waals surface area (Å²) >= 11 is 3.09. The van der Waals surface area contributed by atoms with Gasteiger partial charge in [-0.05, 0) is 27.2 Å². The molecule has 1 N–H and O–H groups in total. The van der Waals surface area contributed by atoms with Crippen LogP contribution < -0.4 is 0 Å². The fourth-order valence-corrected chi connectivity index (χ4v) is 1.06. The summed E-state index contributed by atoms with van der Waals surface area (Å²) < 4.78 is 5.05. The molecule has 82 valence electrons. The minimum Gasteiger partial charge on any atom is -0.481 e. The molecular weight excluding hydrogens is 252 g/mol. The highest BCUT2D eigenvalue weighted by atomic mass is 79.9. The molecule has 0 radical (unpaired) electrons. The number of alkyl halides is 1. The Morgan fingerprint density at radius 2 is 1.93 bits per heavy atom. The van der Waals surface area contributed by atoms with E-state index in [1.165, 1.54) is 0 Å². The summed E-state index contributed by atoms with van der Waals surface area (Å²) in [5, 5.41) is 8.40. The summed E-state index contributed by atoms with van der Waals surface area (Å²) in [6.07, 6.45) is 0.194. The van der Waals surface area contributed by atoms with E-state index in [9.17, 15) is 9.59 Å². The average Bonchev–Trinajstić information content (AvgIpc) is 1.96. The van der Waals surface area contributed by atoms with E-state index in [4.69, 9.17) is 9.84 Å². The van der Waals surface area contributed by atoms with Gasteiger partial charge in [0, 0.05) is 6.42 Å². The van der Waals surface area contributed by atoms with Crippen molar-refractivity contribution in [1.82, 2.24) is 0 Å². The van der Waals surface area contributed by atoms with Gasteiger partial charge in [0.25, 0.3) is 0 Å². The third-order valence-corrected chi connectivity index (χ3v) is 2.11. The molecule has 0 saturated carbocycles. The number of ether oxygens (including phenoxy) is 1. The number of esters is 1. The zero-order chi connectivity index (χ0) is 11.4. The van der Waals surface area contributed by atoms with Gasteiger partial charge in [-0.2, -0.15) is 0 Å². The summed E-state index contributed by atoms with van der Waals surface area (Å²) in [6.45, 7) is 5.30. The zero-order valence-corrected chi connectivity index (χ0v) is 10.1. The first-order valence-electron chi connectivity index (χ1n) is 4.31. The monoisotopic (exact) mass is 266 g/mol. The second-order valence-corrected chi connectivity index (χ2v) is 5.04. The van der Waals surface area contributed by atoms with Crippen molar-refractivity contribution < 1.29 is 19.4 Å². The summed E-state index contributed by atoms with van der Waals surface area (Å²) in [5.41, 5.74) is -0.535. The molecule has 0 spiro atoms. The van der Waals surface area contributed by atoms with E-state index in [0.29, 0.717) is 0 Å². The van der Waals surface area contributed by atoms with Crippen LogP contribution in [0.4, 0.5) is 0 Å². The molecule has 0 aromatic heterocycles. The van der Waals surface area contributed by atoms with Crippen LogP contribution in [0.2, 0.25) is 0 Å². The van der Waals surface area contributed by atoms with Crippen LogP contribution >= 0.6 is 15.9 Å². The number of carboxylic acids is 1. The first-order valence-corrected chi connectivity index (χ1v) is 5.22. The largest absolute Gasteiger partial charge is 0.481 e. The Labute approximate surface area is 91.8 Å². The third kappa shape index (κ3) is 6.88. The Hall–Kier alpha value is -0.580. The Morgan fingerprint density at radius 1 is 1.43 bits per heavy atom. The van der Waals surface area contributed by atoms with Crippen LogP contribution in [0.25, 0.3) is 0 Å². The number of hydrogen-bond donors (Lipinski definition) is 1. The maximum Gasteiger partial charge on any atom is 0.320 e. The Morgan fingerprint density at radius 3 is 2.29 bits per heavy atom. The minimum atomic E-state index is -0.919. The van der Waals surface area contributed by atoms with Crippen molar-refractivity contribution in [2.45, 2.75) is 44.0 Å². The van der Waals surface area contributed by atoms with Crippen molar-refractivity contribution in [1.29, 1.82) is 0 Å². The molecule has 1 unspecified atom stereocenters. The van der Waals surface area contributed by atoms with Gasteiger partial charge in [-0.25, -0.2) is 0 Å². The van der Waals surface area contributed by atoms with Gasteiger partial charge in [-0.1, -0.05) is 15.9 Å². The van der Waals surface area contributed by atoms with E-state index in [2.05, 4.69) is 15.9 Å². The number of halogens is 1. The van der Waals surface area contributed by atoms with Gasteiger partial charge < -0.3 is 9.84 Å². The maximum atomic E-state index is 11.3. The van der Waals surface area contributed by atoms with Gasteiger partial charge in [-0.3, -0.25) is 9.59 Å². The van der Waals surface area contributed by atoms with Crippen molar-refractivity contribution in [2.24, 2.45) is 0 Å². The summed E-state index contributed by atoms with van der Waals surface area (Å²) in [5.74, 6) is -1.34. The number of hydrogen-bond acceptors (Lipinski definition) is 3. The summed E-state index contributed by atoms with van der Waals surface area (Å²) in [6, 6.07) is 0. The number of carbonyl (C=O) groups excluding carboxylic acids is 1. The number of carboxylic acid groups (broad SMARTS) is 1. The van der Waals surface area contributed by atoms with Crippen molar-refractivity contribution >= 4 is 27.9 Å². The highest BCUT2D eigenvalue weighted by molar-refractivity contribution is 9.10. The first-order chi connectivity index (χ1) is 6.22. The topological polar surface area (TPSA) is 63.6 Å². The molecule has 14 heavy (non-hydrogen) atoms. The second-order valence-electron chi connectivity index (χ2n) is 3.93. The standard InChI is InChI=1S/C9H15BrO4/c1-9(2,3)14-8(13)6(10)4-5-7(11)12/h6H,4-5H2,1-3H3,(H,11,12). The first kappa shape index (κ1) is 13.4. The molecule has 0 bridgehead atoms. The fraction of sp³-hybridized carbons (Fsp3) is 0.778. The lowest BCUT2D eigenvalue weighted by molar-refractivity contribution is -0.154. The van der Waals surface area contributed by atoms with Crippen molar-refractivity contribution in [3.63, 3.8) is 0 Å². The number of carbonyl (C=O) groups is 2. The predicted molar refractivity (Wildman–Crippen MR) is 55.4 cm³/mol. The van der Waals surface area contributed by atoms with Gasteiger partial charge in [0.2, 0.25) is 0 Å². The second kappa shape index (κ2) is 5.34. The van der Waals surface area contributed by atoms with Crippen molar-refractivity contribution in [2.75, 3.05) is 0 Å². The quantitative estimate of drug-likeness (QED) is 0.624. The smallest absolute Gasteiger partial charge is 0.320 e. The van der Waals surface area contributed by atoms with Crippen LogP contribution in [0.15, 0.2) is 0 Å². The minimum absolute atomic E-state index is 0.0465. The maximum absolute atomic E-state index is 11.3. The SMILES string of the molecule is CC(C)(C)OC(=O)C(Br)CCC(=O)O. The van der Waals surface area contributed by atoms with Gasteiger partial charge in [0.05, 0.1) is 0 Å². The predicted octanol–water partition coefficient (Wildman–Crippen LogP) is 1.96. The Kier molecular flexibility index (Phi) is 5.12. The molecule has 0 aliphatic carbocycles. The van der Waals surface area contributed by atoms with Crippen LogP contribution in [-0.2, 0) is 14.3 Å². The van der Waals surface area contributed by atoms with Crippen LogP contribution in [0, 0.1) is 0 Å². The van der Waals surface area contributed by atoms with Gasteiger partial charge in [0.15, 0.2) is 0 Å². The van der Waals surface area contributed by atoms with E-state index in [1.54, 1.807) is 20.8 Å². The van der Waals surface area contributed by atoms with E-state index in [0.717, 1.165) is 0 Å². The molecule has 5 heteroatoms. The van der Waals surface area contributed by atoms with Crippen LogP contribution in [-0.4, -0.2) is 27.5 Å². The molecule has 0 aliphatic heterocycles. The van der Waals surface area contributed by atoms with E-state index in [-0.39, 0.29) is 12.8 Å². The van der Waals surface area contributed by atoms with Crippen LogP contribution in [0.5, 0.6) is 0 Å². The summed E-state index contributed by atoms with van der Waals surface area (Å²) in [7, 11) is 0. The molecule has 0 saturated heterocycles. The van der Waals surface area contributed by atoms with Gasteiger partial charge in [-0.15, -0.1) is 0 Å². The van der Waals surface area contributed by atoms with Crippen molar-refractivity contribution in [3.05, 3.63) is 0 Å². The van der Waals surface area contributed by atoms with Gasteiger partial charge in [0.1, 0.15) is 10.4 Å². The highest BCUT2D eigenvalue weighted by Gasteiger charge is 2.23. The van der Waals surface area contributed by atoms with Crippen LogP contribution in [0.3, 0.4) is 0 Å². The average molecular weight is 267 g/mol. The molecule has 0 amide bonds. The number of aliphatic carboxylic acids is 1. The van der Waals surface area contributed by atoms with E-state index >= 15 is 0 Å². The Bertz CT molecular complexity index is 219. The molecular formula is C9H15BrO4. The molecule has 4 nitrogen and oxygen atoms in total. The van der Waals surface area contributed by atoms with E-state index < -0.39 is 22.4 Å². The lowest BCUT2D eigenvalue weighted by Gasteiger charge is -2.21. The zero-order valence-electron chi connectivity index (χ0n) is 8.54. The van der Waals surface area contributed by atoms with Crippen molar-refractivity contribution in [3.8, 4) is 0 Å². The lowest BCUT2D eigenvalue weighted by Crippen LogP contribution is -2.29. The molecule has 0 fully saturated rings. The molecule has 0 aromatic rings. The molecule has 0 aliphatic rings. The van der Waals surface area contributed by atoms with Gasteiger partial charge >= 0.3 is 11.9 Å². The molecule has 0 rings (SSSR count).